The number of nitrogens with zero attached hydrogens (tertiary/aromatic N) is 2. The first kappa shape index (κ1) is 19.2. The summed E-state index contributed by atoms with van der Waals surface area (Å²) >= 11 is 12.2. The van der Waals surface area contributed by atoms with E-state index in [-0.39, 0.29) is 0 Å². The summed E-state index contributed by atoms with van der Waals surface area (Å²) in [7, 11) is 0. The first-order chi connectivity index (χ1) is 15.7. The van der Waals surface area contributed by atoms with Crippen molar-refractivity contribution in [1.82, 2.24) is 10.2 Å². The quantitative estimate of drug-likeness (QED) is 0.247. The Morgan fingerprint density at radius 3 is 1.25 bits per heavy atom. The molecule has 0 bridgehead atoms. The highest BCUT2D eigenvalue weighted by Crippen LogP contribution is 2.36. The van der Waals surface area contributed by atoms with Gasteiger partial charge in [0.25, 0.3) is 0 Å². The summed E-state index contributed by atoms with van der Waals surface area (Å²) in [5.41, 5.74) is 3.64. The fraction of sp³-hybridized carbons (Fsp3) is 0. The van der Waals surface area contributed by atoms with Gasteiger partial charge in [0.15, 0.2) is 0 Å². The summed E-state index contributed by atoms with van der Waals surface area (Å²) in [5.74, 6) is 0. The number of aromatic nitrogens is 2. The third-order valence-electron chi connectivity index (χ3n) is 5.84. The monoisotopic (exact) mass is 450 g/mol. The maximum Gasteiger partial charge on any atom is 0.101 e. The highest BCUT2D eigenvalue weighted by atomic mass is 35.5. The molecule has 0 saturated carbocycles. The third-order valence-corrected chi connectivity index (χ3v) is 6.34. The van der Waals surface area contributed by atoms with Crippen LogP contribution in [0.5, 0.6) is 0 Å². The van der Waals surface area contributed by atoms with Gasteiger partial charge in [0, 0.05) is 31.9 Å². The van der Waals surface area contributed by atoms with Crippen LogP contribution in [0.1, 0.15) is 0 Å². The number of hydrogen-bond donors (Lipinski definition) is 0. The van der Waals surface area contributed by atoms with Gasteiger partial charge in [-0.25, -0.2) is 0 Å². The van der Waals surface area contributed by atoms with E-state index in [1.807, 2.05) is 48.5 Å². The fourth-order valence-corrected chi connectivity index (χ4v) is 4.49. The lowest BCUT2D eigenvalue weighted by atomic mass is 9.95. The molecule has 0 spiro atoms. The Hall–Kier alpha value is -3.46. The van der Waals surface area contributed by atoms with Crippen LogP contribution >= 0.6 is 23.2 Å². The van der Waals surface area contributed by atoms with Gasteiger partial charge in [0.05, 0.1) is 0 Å². The highest BCUT2D eigenvalue weighted by molar-refractivity contribution is 6.31. The molecule has 2 nitrogen and oxygen atoms in total. The summed E-state index contributed by atoms with van der Waals surface area (Å²) in [6.45, 7) is 0. The molecule has 0 amide bonds. The molecule has 0 aliphatic carbocycles. The molecular formula is C28H16Cl2N2. The van der Waals surface area contributed by atoms with E-state index in [1.54, 1.807) is 0 Å². The minimum absolute atomic E-state index is 0.695. The second-order valence-electron chi connectivity index (χ2n) is 7.86. The first-order valence-corrected chi connectivity index (χ1v) is 11.1. The largest absolute Gasteiger partial charge is 0.149 e. The molecule has 0 radical (unpaired) electrons. The number of halogens is 2. The van der Waals surface area contributed by atoms with Gasteiger partial charge in [0.2, 0.25) is 0 Å². The molecule has 32 heavy (non-hydrogen) atoms. The standard InChI is InChI=1S/C28H16Cl2N2/c29-23-9-5-17(6-10-23)27-25-15-21-13-19-3-1-2-4-20(19)14-22(21)16-26(25)28(32-31-27)18-7-11-24(30)12-8-18/h1-16H. The van der Waals surface area contributed by atoms with Crippen molar-refractivity contribution in [2.45, 2.75) is 0 Å². The Labute approximate surface area is 195 Å². The summed E-state index contributed by atoms with van der Waals surface area (Å²) in [4.78, 5) is 0. The molecule has 0 N–H and O–H groups in total. The van der Waals surface area contributed by atoms with Gasteiger partial charge in [-0.1, -0.05) is 71.7 Å². The van der Waals surface area contributed by atoms with E-state index in [0.717, 1.165) is 33.3 Å². The molecule has 0 aliphatic heterocycles. The third kappa shape index (κ3) is 3.29. The van der Waals surface area contributed by atoms with E-state index in [4.69, 9.17) is 23.2 Å². The van der Waals surface area contributed by atoms with Gasteiger partial charge in [-0.05, 0) is 70.1 Å². The lowest BCUT2D eigenvalue weighted by molar-refractivity contribution is 1.06. The van der Waals surface area contributed by atoms with Crippen LogP contribution in [0.3, 0.4) is 0 Å². The van der Waals surface area contributed by atoms with Gasteiger partial charge < -0.3 is 0 Å². The minimum atomic E-state index is 0.695. The van der Waals surface area contributed by atoms with Gasteiger partial charge in [-0.2, -0.15) is 0 Å². The van der Waals surface area contributed by atoms with Crippen molar-refractivity contribution in [2.24, 2.45) is 0 Å². The van der Waals surface area contributed by atoms with Crippen LogP contribution < -0.4 is 0 Å². The number of benzene rings is 5. The zero-order valence-electron chi connectivity index (χ0n) is 16.9. The van der Waals surface area contributed by atoms with Crippen LogP contribution in [0.15, 0.2) is 97.1 Å². The lowest BCUT2D eigenvalue weighted by Crippen LogP contribution is -1.95. The van der Waals surface area contributed by atoms with E-state index in [0.29, 0.717) is 10.0 Å². The van der Waals surface area contributed by atoms with E-state index in [2.05, 4.69) is 58.7 Å². The maximum atomic E-state index is 6.12. The average molecular weight is 451 g/mol. The van der Waals surface area contributed by atoms with Crippen LogP contribution in [0.2, 0.25) is 10.0 Å². The average Bonchev–Trinajstić information content (AvgIpc) is 2.82. The fourth-order valence-electron chi connectivity index (χ4n) is 4.23. The molecule has 6 rings (SSSR count). The van der Waals surface area contributed by atoms with Crippen LogP contribution in [-0.4, -0.2) is 10.2 Å². The summed E-state index contributed by atoms with van der Waals surface area (Å²) in [5, 5.41) is 17.6. The van der Waals surface area contributed by atoms with Gasteiger partial charge in [0.1, 0.15) is 11.4 Å². The molecule has 0 atom stereocenters. The Bertz CT molecular complexity index is 1500. The maximum absolute atomic E-state index is 6.12. The molecule has 0 saturated heterocycles. The van der Waals surface area contributed by atoms with Crippen molar-refractivity contribution in [3.63, 3.8) is 0 Å². The summed E-state index contributed by atoms with van der Waals surface area (Å²) < 4.78 is 0. The molecule has 1 heterocycles. The molecule has 0 fully saturated rings. The van der Waals surface area contributed by atoms with Crippen molar-refractivity contribution in [3.05, 3.63) is 107 Å². The van der Waals surface area contributed by atoms with Crippen LogP contribution in [0.25, 0.3) is 54.8 Å². The molecular weight excluding hydrogens is 435 g/mol. The topological polar surface area (TPSA) is 25.8 Å². The Morgan fingerprint density at radius 2 is 0.844 bits per heavy atom. The molecule has 4 heteroatoms. The summed E-state index contributed by atoms with van der Waals surface area (Å²) in [6.07, 6.45) is 0. The molecule has 1 aromatic heterocycles. The number of rotatable bonds is 2. The lowest BCUT2D eigenvalue weighted by Gasteiger charge is -2.12. The van der Waals surface area contributed by atoms with E-state index < -0.39 is 0 Å². The second-order valence-corrected chi connectivity index (χ2v) is 8.73. The summed E-state index contributed by atoms with van der Waals surface area (Å²) in [6, 6.07) is 32.8. The Morgan fingerprint density at radius 1 is 0.438 bits per heavy atom. The highest BCUT2D eigenvalue weighted by Gasteiger charge is 2.14. The van der Waals surface area contributed by atoms with Crippen molar-refractivity contribution in [3.8, 4) is 22.5 Å². The minimum Gasteiger partial charge on any atom is -0.149 e. The molecule has 5 aromatic carbocycles. The zero-order valence-corrected chi connectivity index (χ0v) is 18.4. The van der Waals surface area contributed by atoms with Crippen LogP contribution in [0.4, 0.5) is 0 Å². The van der Waals surface area contributed by atoms with E-state index >= 15 is 0 Å². The molecule has 0 unspecified atom stereocenters. The van der Waals surface area contributed by atoms with E-state index in [9.17, 15) is 0 Å². The zero-order chi connectivity index (χ0) is 21.7. The molecule has 152 valence electrons. The van der Waals surface area contributed by atoms with E-state index in [1.165, 1.54) is 21.5 Å². The van der Waals surface area contributed by atoms with Gasteiger partial charge in [-0.3, -0.25) is 0 Å². The molecule has 0 aliphatic rings. The predicted octanol–water partition coefficient (Wildman–Crippen LogP) is 8.58. The predicted molar refractivity (Wildman–Crippen MR) is 135 cm³/mol. The normalized spacial score (nSPS) is 11.4. The van der Waals surface area contributed by atoms with Crippen molar-refractivity contribution < 1.29 is 0 Å². The Balaban J connectivity index is 1.70. The molecule has 6 aromatic rings. The second kappa shape index (κ2) is 7.59. The number of fused-ring (bicyclic) bond motifs is 3. The van der Waals surface area contributed by atoms with Crippen molar-refractivity contribution >= 4 is 55.5 Å². The SMILES string of the molecule is Clc1ccc(-c2nnc(-c3ccc(Cl)cc3)c3cc4cc5ccccc5cc4cc23)cc1. The van der Waals surface area contributed by atoms with Crippen molar-refractivity contribution in [2.75, 3.05) is 0 Å². The van der Waals surface area contributed by atoms with Crippen LogP contribution in [0, 0.1) is 0 Å². The van der Waals surface area contributed by atoms with Gasteiger partial charge in [-0.15, -0.1) is 10.2 Å². The first-order valence-electron chi connectivity index (χ1n) is 10.3. The van der Waals surface area contributed by atoms with Crippen LogP contribution in [-0.2, 0) is 0 Å². The number of hydrogen-bond acceptors (Lipinski definition) is 2. The smallest absolute Gasteiger partial charge is 0.101 e. The van der Waals surface area contributed by atoms with Gasteiger partial charge >= 0.3 is 0 Å². The van der Waals surface area contributed by atoms with Crippen molar-refractivity contribution in [1.29, 1.82) is 0 Å². The Kier molecular flexibility index (Phi) is 4.57.